The van der Waals surface area contributed by atoms with E-state index in [2.05, 4.69) is 32.0 Å². The van der Waals surface area contributed by atoms with Crippen molar-refractivity contribution in [3.8, 4) is 0 Å². The molecule has 0 N–H and O–H groups in total. The van der Waals surface area contributed by atoms with Crippen molar-refractivity contribution in [1.82, 2.24) is 0 Å². The van der Waals surface area contributed by atoms with Crippen molar-refractivity contribution in [1.29, 1.82) is 0 Å². The molecule has 0 aromatic heterocycles. The molecular weight excluding hydrogens is 355 g/mol. The van der Waals surface area contributed by atoms with E-state index in [-0.39, 0.29) is 0 Å². The number of hydrogen-bond acceptors (Lipinski definition) is 1. The van der Waals surface area contributed by atoms with Gasteiger partial charge in [0.1, 0.15) is 0 Å². The van der Waals surface area contributed by atoms with Gasteiger partial charge in [0.05, 0.1) is 10.0 Å². The molecule has 22 heavy (non-hydrogen) atoms. The van der Waals surface area contributed by atoms with E-state index in [1.165, 1.54) is 10.5 Å². The van der Waals surface area contributed by atoms with E-state index in [1.807, 2.05) is 30.4 Å². The molecule has 4 heteroatoms. The number of rotatable bonds is 5. The minimum Gasteiger partial charge on any atom is -0.122 e. The van der Waals surface area contributed by atoms with Crippen LogP contribution in [0.1, 0.15) is 30.9 Å². The summed E-state index contributed by atoms with van der Waals surface area (Å²) in [5, 5.41) is 1.15. The van der Waals surface area contributed by atoms with Gasteiger partial charge in [-0.05, 0) is 29.2 Å². The molecule has 0 nitrogen and oxygen atoms in total. The fraction of sp³-hybridized carbons (Fsp3) is 0.222. The van der Waals surface area contributed by atoms with Crippen LogP contribution in [0.15, 0.2) is 52.3 Å². The monoisotopic (exact) mass is 370 g/mol. The lowest BCUT2D eigenvalue weighted by molar-refractivity contribution is 0.842. The average molecular weight is 372 g/mol. The standard InChI is InChI=1S/C18H17Cl3S/c1-12(2)14-7-3-4-8-15(14)22-16-10-9-13(6-5-11-19)17(20)18(16)21/h3-10,12H,11H2,1-2H3/b6-5+. The summed E-state index contributed by atoms with van der Waals surface area (Å²) in [5.74, 6) is 0.913. The van der Waals surface area contributed by atoms with Crippen molar-refractivity contribution in [3.05, 3.63) is 63.6 Å². The summed E-state index contributed by atoms with van der Waals surface area (Å²) < 4.78 is 0. The van der Waals surface area contributed by atoms with Crippen LogP contribution in [-0.2, 0) is 0 Å². The van der Waals surface area contributed by atoms with Gasteiger partial charge in [-0.1, -0.05) is 85.2 Å². The highest BCUT2D eigenvalue weighted by Crippen LogP contribution is 2.41. The Bertz CT molecular complexity index is 678. The van der Waals surface area contributed by atoms with Gasteiger partial charge in [0, 0.05) is 15.7 Å². The highest BCUT2D eigenvalue weighted by molar-refractivity contribution is 7.99. The molecule has 0 aliphatic carbocycles. The Morgan fingerprint density at radius 3 is 2.41 bits per heavy atom. The zero-order chi connectivity index (χ0) is 16.1. The van der Waals surface area contributed by atoms with Crippen LogP contribution >= 0.6 is 46.6 Å². The fourth-order valence-electron chi connectivity index (χ4n) is 2.09. The normalized spacial score (nSPS) is 11.5. The second kappa shape index (κ2) is 8.31. The Morgan fingerprint density at radius 2 is 1.73 bits per heavy atom. The third-order valence-corrected chi connectivity index (χ3v) is 5.56. The Hall–Kier alpha value is -0.600. The molecule has 0 unspecified atom stereocenters. The molecule has 0 saturated heterocycles. The lowest BCUT2D eigenvalue weighted by Gasteiger charge is -2.13. The van der Waals surface area contributed by atoms with Crippen LogP contribution in [0.4, 0.5) is 0 Å². The second-order valence-electron chi connectivity index (χ2n) is 5.13. The lowest BCUT2D eigenvalue weighted by Crippen LogP contribution is -1.90. The first-order chi connectivity index (χ1) is 10.5. The topological polar surface area (TPSA) is 0 Å². The van der Waals surface area contributed by atoms with Crippen molar-refractivity contribution >= 4 is 52.6 Å². The van der Waals surface area contributed by atoms with Crippen molar-refractivity contribution in [2.75, 3.05) is 5.88 Å². The third kappa shape index (κ3) is 4.23. The zero-order valence-corrected chi connectivity index (χ0v) is 15.5. The van der Waals surface area contributed by atoms with Gasteiger partial charge in [0.15, 0.2) is 0 Å². The van der Waals surface area contributed by atoms with Crippen LogP contribution in [-0.4, -0.2) is 5.88 Å². The summed E-state index contributed by atoms with van der Waals surface area (Å²) >= 11 is 20.1. The number of allylic oxidation sites excluding steroid dienone is 1. The minimum atomic E-state index is 0.451. The molecule has 0 heterocycles. The number of benzene rings is 2. The number of alkyl halides is 1. The van der Waals surface area contributed by atoms with E-state index in [0.29, 0.717) is 21.8 Å². The summed E-state index contributed by atoms with van der Waals surface area (Å²) in [6.07, 6.45) is 3.73. The molecule has 0 atom stereocenters. The SMILES string of the molecule is CC(C)c1ccccc1Sc1ccc(/C=C/CCl)c(Cl)c1Cl. The van der Waals surface area contributed by atoms with E-state index in [9.17, 15) is 0 Å². The van der Waals surface area contributed by atoms with Crippen molar-refractivity contribution < 1.29 is 0 Å². The van der Waals surface area contributed by atoms with E-state index < -0.39 is 0 Å². The summed E-state index contributed by atoms with van der Waals surface area (Å²) in [6.45, 7) is 4.38. The molecule has 2 aromatic carbocycles. The molecule has 0 saturated carbocycles. The third-order valence-electron chi connectivity index (χ3n) is 3.22. The smallest absolute Gasteiger partial charge is 0.0737 e. The number of hydrogen-bond donors (Lipinski definition) is 0. The van der Waals surface area contributed by atoms with Gasteiger partial charge in [-0.15, -0.1) is 11.6 Å². The summed E-state index contributed by atoms with van der Waals surface area (Å²) in [5.41, 5.74) is 2.19. The minimum absolute atomic E-state index is 0.451. The Labute approximate surface area is 151 Å². The lowest BCUT2D eigenvalue weighted by atomic mass is 10.0. The maximum atomic E-state index is 6.44. The van der Waals surface area contributed by atoms with E-state index in [0.717, 1.165) is 10.5 Å². The van der Waals surface area contributed by atoms with Gasteiger partial charge in [0.2, 0.25) is 0 Å². The van der Waals surface area contributed by atoms with E-state index >= 15 is 0 Å². The van der Waals surface area contributed by atoms with Crippen LogP contribution in [0.3, 0.4) is 0 Å². The highest BCUT2D eigenvalue weighted by Gasteiger charge is 2.12. The van der Waals surface area contributed by atoms with Gasteiger partial charge in [-0.2, -0.15) is 0 Å². The summed E-state index contributed by atoms with van der Waals surface area (Å²) in [7, 11) is 0. The predicted molar refractivity (Wildman–Crippen MR) is 101 cm³/mol. The van der Waals surface area contributed by atoms with Gasteiger partial charge >= 0.3 is 0 Å². The highest BCUT2D eigenvalue weighted by atomic mass is 35.5. The largest absolute Gasteiger partial charge is 0.122 e. The Balaban J connectivity index is 2.35. The molecular formula is C18H17Cl3S. The molecule has 0 radical (unpaired) electrons. The molecule has 0 bridgehead atoms. The molecule has 0 amide bonds. The van der Waals surface area contributed by atoms with Gasteiger partial charge in [-0.3, -0.25) is 0 Å². The van der Waals surface area contributed by atoms with Crippen LogP contribution in [0.5, 0.6) is 0 Å². The molecule has 2 aromatic rings. The average Bonchev–Trinajstić information content (AvgIpc) is 2.51. The van der Waals surface area contributed by atoms with Gasteiger partial charge in [0.25, 0.3) is 0 Å². The Kier molecular flexibility index (Phi) is 6.70. The van der Waals surface area contributed by atoms with Crippen molar-refractivity contribution in [3.63, 3.8) is 0 Å². The molecule has 0 aliphatic rings. The molecule has 0 fully saturated rings. The first-order valence-corrected chi connectivity index (χ1v) is 9.12. The predicted octanol–water partition coefficient (Wildman–Crippen LogP) is 7.52. The molecule has 2 rings (SSSR count). The first kappa shape index (κ1) is 17.7. The summed E-state index contributed by atoms with van der Waals surface area (Å²) in [4.78, 5) is 2.17. The summed E-state index contributed by atoms with van der Waals surface area (Å²) in [6, 6.07) is 12.3. The van der Waals surface area contributed by atoms with Gasteiger partial charge < -0.3 is 0 Å². The maximum Gasteiger partial charge on any atom is 0.0737 e. The molecule has 0 aliphatic heterocycles. The first-order valence-electron chi connectivity index (χ1n) is 7.02. The van der Waals surface area contributed by atoms with E-state index in [1.54, 1.807) is 11.8 Å². The Morgan fingerprint density at radius 1 is 1.00 bits per heavy atom. The maximum absolute atomic E-state index is 6.44. The molecule has 0 spiro atoms. The van der Waals surface area contributed by atoms with Gasteiger partial charge in [-0.25, -0.2) is 0 Å². The van der Waals surface area contributed by atoms with Crippen LogP contribution in [0, 0.1) is 0 Å². The quantitative estimate of drug-likeness (QED) is 0.490. The van der Waals surface area contributed by atoms with Crippen LogP contribution in [0.2, 0.25) is 10.0 Å². The molecule has 116 valence electrons. The van der Waals surface area contributed by atoms with E-state index in [4.69, 9.17) is 34.8 Å². The second-order valence-corrected chi connectivity index (χ2v) is 7.28. The van der Waals surface area contributed by atoms with Crippen molar-refractivity contribution in [2.24, 2.45) is 0 Å². The zero-order valence-electron chi connectivity index (χ0n) is 12.4. The fourth-order valence-corrected chi connectivity index (χ4v) is 3.89. The van der Waals surface area contributed by atoms with Crippen LogP contribution < -0.4 is 0 Å². The number of halogens is 3. The van der Waals surface area contributed by atoms with Crippen LogP contribution in [0.25, 0.3) is 6.08 Å². The van der Waals surface area contributed by atoms with Crippen molar-refractivity contribution in [2.45, 2.75) is 29.6 Å².